The van der Waals surface area contributed by atoms with Crippen molar-refractivity contribution in [2.45, 2.75) is 32.9 Å². The predicted octanol–water partition coefficient (Wildman–Crippen LogP) is 2.06. The molecule has 104 valence electrons. The summed E-state index contributed by atoms with van der Waals surface area (Å²) in [5, 5.41) is 17.2. The molecular formula is C13H20N4O2. The van der Waals surface area contributed by atoms with Crippen molar-refractivity contribution in [3.05, 3.63) is 39.9 Å². The molecule has 0 bridgehead atoms. The Hall–Kier alpha value is -2.11. The lowest BCUT2D eigenvalue weighted by molar-refractivity contribution is -0.385. The fraction of sp³-hybridized carbons (Fsp3) is 0.462. The Kier molecular flexibility index (Phi) is 5.78. The van der Waals surface area contributed by atoms with Gasteiger partial charge in [-0.25, -0.2) is 0 Å². The molecule has 0 aliphatic heterocycles. The van der Waals surface area contributed by atoms with Crippen LogP contribution < -0.4 is 10.6 Å². The first kappa shape index (κ1) is 14.9. The minimum absolute atomic E-state index is 0.119. The topological polar surface area (TPSA) is 79.6 Å². The SMILES string of the molecule is CCC(C)NC(=NC)NCc1ccccc1[N+](=O)[O-]. The number of para-hydroxylation sites is 1. The third-order valence-electron chi connectivity index (χ3n) is 2.85. The largest absolute Gasteiger partial charge is 0.354 e. The smallest absolute Gasteiger partial charge is 0.274 e. The molecule has 0 spiro atoms. The number of nitrogens with one attached hydrogen (secondary N) is 2. The van der Waals surface area contributed by atoms with Gasteiger partial charge in [-0.05, 0) is 13.3 Å². The molecule has 0 heterocycles. The number of nitro groups is 1. The van der Waals surface area contributed by atoms with Crippen LogP contribution in [0.3, 0.4) is 0 Å². The molecule has 0 fully saturated rings. The molecule has 0 saturated heterocycles. The molecule has 6 nitrogen and oxygen atoms in total. The Balaban J connectivity index is 2.68. The number of guanidine groups is 1. The highest BCUT2D eigenvalue weighted by Gasteiger charge is 2.12. The van der Waals surface area contributed by atoms with Crippen molar-refractivity contribution in [1.29, 1.82) is 0 Å². The molecule has 1 aromatic carbocycles. The van der Waals surface area contributed by atoms with Crippen molar-refractivity contribution in [3.8, 4) is 0 Å². The van der Waals surface area contributed by atoms with Gasteiger partial charge in [-0.1, -0.05) is 25.1 Å². The standard InChI is InChI=1S/C13H20N4O2/c1-4-10(2)16-13(14-3)15-9-11-7-5-6-8-12(11)17(18)19/h5-8,10H,4,9H2,1-3H3,(H2,14,15,16). The van der Waals surface area contributed by atoms with Gasteiger partial charge < -0.3 is 10.6 Å². The summed E-state index contributed by atoms with van der Waals surface area (Å²) < 4.78 is 0. The van der Waals surface area contributed by atoms with Crippen molar-refractivity contribution < 1.29 is 4.92 Å². The number of hydrogen-bond donors (Lipinski definition) is 2. The van der Waals surface area contributed by atoms with Crippen LogP contribution in [0.1, 0.15) is 25.8 Å². The predicted molar refractivity (Wildman–Crippen MR) is 76.2 cm³/mol. The fourth-order valence-electron chi connectivity index (χ4n) is 1.55. The molecule has 0 aromatic heterocycles. The first-order valence-electron chi connectivity index (χ1n) is 6.28. The molecular weight excluding hydrogens is 244 g/mol. The van der Waals surface area contributed by atoms with Crippen LogP contribution in [-0.4, -0.2) is 24.0 Å². The summed E-state index contributed by atoms with van der Waals surface area (Å²) in [6.45, 7) is 4.50. The van der Waals surface area contributed by atoms with Crippen LogP contribution in [-0.2, 0) is 6.54 Å². The highest BCUT2D eigenvalue weighted by atomic mass is 16.6. The normalized spacial score (nSPS) is 12.9. The zero-order valence-corrected chi connectivity index (χ0v) is 11.5. The quantitative estimate of drug-likeness (QED) is 0.369. The third-order valence-corrected chi connectivity index (χ3v) is 2.85. The maximum atomic E-state index is 10.9. The average Bonchev–Trinajstić information content (AvgIpc) is 2.43. The van der Waals surface area contributed by atoms with Gasteiger partial charge in [0.2, 0.25) is 0 Å². The monoisotopic (exact) mass is 264 g/mol. The van der Waals surface area contributed by atoms with Crippen LogP contribution in [0.25, 0.3) is 0 Å². The Bertz CT molecular complexity index is 460. The van der Waals surface area contributed by atoms with E-state index >= 15 is 0 Å². The maximum Gasteiger partial charge on any atom is 0.274 e. The molecule has 1 atom stereocenters. The van der Waals surface area contributed by atoms with E-state index in [0.29, 0.717) is 24.1 Å². The van der Waals surface area contributed by atoms with E-state index in [1.165, 1.54) is 6.07 Å². The van der Waals surface area contributed by atoms with Crippen LogP contribution >= 0.6 is 0 Å². The van der Waals surface area contributed by atoms with Crippen LogP contribution in [0, 0.1) is 10.1 Å². The average molecular weight is 264 g/mol. The van der Waals surface area contributed by atoms with Gasteiger partial charge in [0.15, 0.2) is 5.96 Å². The highest BCUT2D eigenvalue weighted by Crippen LogP contribution is 2.16. The van der Waals surface area contributed by atoms with E-state index in [4.69, 9.17) is 0 Å². The van der Waals surface area contributed by atoms with E-state index in [-0.39, 0.29) is 10.6 Å². The molecule has 0 aliphatic rings. The number of nitro benzene ring substituents is 1. The number of benzene rings is 1. The van der Waals surface area contributed by atoms with Gasteiger partial charge in [0.1, 0.15) is 0 Å². The molecule has 0 saturated carbocycles. The first-order valence-corrected chi connectivity index (χ1v) is 6.28. The molecule has 2 N–H and O–H groups in total. The summed E-state index contributed by atoms with van der Waals surface area (Å²) >= 11 is 0. The number of nitrogens with zero attached hydrogens (tertiary/aromatic N) is 2. The molecule has 6 heteroatoms. The van der Waals surface area contributed by atoms with Gasteiger partial charge in [0, 0.05) is 31.3 Å². The van der Waals surface area contributed by atoms with Gasteiger partial charge in [0.05, 0.1) is 4.92 Å². The van der Waals surface area contributed by atoms with Crippen LogP contribution in [0.5, 0.6) is 0 Å². The van der Waals surface area contributed by atoms with Crippen molar-refractivity contribution in [2.75, 3.05) is 7.05 Å². The van der Waals surface area contributed by atoms with E-state index in [0.717, 1.165) is 6.42 Å². The minimum Gasteiger partial charge on any atom is -0.354 e. The van der Waals surface area contributed by atoms with Crippen LogP contribution in [0.15, 0.2) is 29.3 Å². The van der Waals surface area contributed by atoms with Gasteiger partial charge in [-0.15, -0.1) is 0 Å². The van der Waals surface area contributed by atoms with E-state index < -0.39 is 0 Å². The lowest BCUT2D eigenvalue weighted by atomic mass is 10.2. The first-order chi connectivity index (χ1) is 9.08. The molecule has 0 aliphatic carbocycles. The maximum absolute atomic E-state index is 10.9. The zero-order chi connectivity index (χ0) is 14.3. The second kappa shape index (κ2) is 7.35. The van der Waals surface area contributed by atoms with E-state index in [9.17, 15) is 10.1 Å². The lowest BCUT2D eigenvalue weighted by Gasteiger charge is -2.16. The summed E-state index contributed by atoms with van der Waals surface area (Å²) in [6, 6.07) is 6.99. The van der Waals surface area contributed by atoms with Gasteiger partial charge in [-0.3, -0.25) is 15.1 Å². The Morgan fingerprint density at radius 1 is 1.47 bits per heavy atom. The lowest BCUT2D eigenvalue weighted by Crippen LogP contribution is -2.41. The molecule has 0 amide bonds. The van der Waals surface area contributed by atoms with Crippen LogP contribution in [0.4, 0.5) is 5.69 Å². The molecule has 1 rings (SSSR count). The summed E-state index contributed by atoms with van der Waals surface area (Å²) in [7, 11) is 1.68. The van der Waals surface area contributed by atoms with Gasteiger partial charge in [-0.2, -0.15) is 0 Å². The Morgan fingerprint density at radius 3 is 2.74 bits per heavy atom. The number of aliphatic imine (C=N–C) groups is 1. The van der Waals surface area contributed by atoms with Crippen molar-refractivity contribution in [3.63, 3.8) is 0 Å². The van der Waals surface area contributed by atoms with Crippen molar-refractivity contribution >= 4 is 11.6 Å². The Labute approximate surface area is 113 Å². The van der Waals surface area contributed by atoms with E-state index in [2.05, 4.69) is 29.5 Å². The van der Waals surface area contributed by atoms with Crippen molar-refractivity contribution in [1.82, 2.24) is 10.6 Å². The number of rotatable bonds is 5. The summed E-state index contributed by atoms with van der Waals surface area (Å²) in [5.74, 6) is 0.646. The second-order valence-electron chi connectivity index (χ2n) is 4.27. The summed E-state index contributed by atoms with van der Waals surface area (Å²) in [4.78, 5) is 14.6. The van der Waals surface area contributed by atoms with E-state index in [1.54, 1.807) is 25.2 Å². The van der Waals surface area contributed by atoms with Crippen LogP contribution in [0.2, 0.25) is 0 Å². The minimum atomic E-state index is -0.373. The van der Waals surface area contributed by atoms with Gasteiger partial charge >= 0.3 is 0 Å². The van der Waals surface area contributed by atoms with Crippen molar-refractivity contribution in [2.24, 2.45) is 4.99 Å². The van der Waals surface area contributed by atoms with E-state index in [1.807, 2.05) is 0 Å². The summed E-state index contributed by atoms with van der Waals surface area (Å²) in [5.41, 5.74) is 0.758. The molecule has 0 radical (unpaired) electrons. The fourth-order valence-corrected chi connectivity index (χ4v) is 1.55. The van der Waals surface area contributed by atoms with Gasteiger partial charge in [0.25, 0.3) is 5.69 Å². The molecule has 19 heavy (non-hydrogen) atoms. The number of hydrogen-bond acceptors (Lipinski definition) is 3. The summed E-state index contributed by atoms with van der Waals surface area (Å²) in [6.07, 6.45) is 0.978. The molecule has 1 aromatic rings. The molecule has 1 unspecified atom stereocenters. The second-order valence-corrected chi connectivity index (χ2v) is 4.27. The Morgan fingerprint density at radius 2 is 2.16 bits per heavy atom. The zero-order valence-electron chi connectivity index (χ0n) is 11.5. The highest BCUT2D eigenvalue weighted by molar-refractivity contribution is 5.80. The third kappa shape index (κ3) is 4.57.